The van der Waals surface area contributed by atoms with E-state index in [2.05, 4.69) is 6.92 Å². The highest BCUT2D eigenvalue weighted by atomic mass is 19.4. The average molecular weight is 302 g/mol. The van der Waals surface area contributed by atoms with Crippen molar-refractivity contribution in [2.75, 3.05) is 0 Å². The fraction of sp³-hybridized carbons (Fsp3) is 0.562. The van der Waals surface area contributed by atoms with E-state index in [0.717, 1.165) is 37.8 Å². The van der Waals surface area contributed by atoms with Crippen molar-refractivity contribution in [1.29, 1.82) is 0 Å². The quantitative estimate of drug-likeness (QED) is 0.709. The third-order valence-electron chi connectivity index (χ3n) is 3.33. The van der Waals surface area contributed by atoms with Gasteiger partial charge in [0.05, 0.1) is 11.7 Å². The molecule has 0 fully saturated rings. The minimum Gasteiger partial charge on any atom is -0.388 e. The molecule has 0 aliphatic rings. The number of aliphatic hydroxyl groups is 1. The molecule has 0 saturated heterocycles. The highest BCUT2D eigenvalue weighted by Crippen LogP contribution is 2.31. The Hall–Kier alpha value is -1.36. The standard InChI is InChI=1S/C16H21F3O2/c1-2-3-4-5-9-14(20)11-15(21)12-7-6-8-13(10-12)16(17,18)19/h6-8,10,15,21H,2-5,9,11H2,1H3/t15-/m1/s1. The number of halogens is 3. The van der Waals surface area contributed by atoms with Crippen molar-refractivity contribution in [3.63, 3.8) is 0 Å². The maximum Gasteiger partial charge on any atom is 0.416 e. The van der Waals surface area contributed by atoms with Crippen LogP contribution >= 0.6 is 0 Å². The molecular weight excluding hydrogens is 281 g/mol. The molecule has 0 unspecified atom stereocenters. The van der Waals surface area contributed by atoms with Crippen molar-refractivity contribution in [2.24, 2.45) is 0 Å². The topological polar surface area (TPSA) is 37.3 Å². The number of hydrogen-bond donors (Lipinski definition) is 1. The van der Waals surface area contributed by atoms with Gasteiger partial charge < -0.3 is 5.11 Å². The van der Waals surface area contributed by atoms with Crippen molar-refractivity contribution < 1.29 is 23.1 Å². The number of unbranched alkanes of at least 4 members (excludes halogenated alkanes) is 3. The fourth-order valence-electron chi connectivity index (χ4n) is 2.11. The van der Waals surface area contributed by atoms with Gasteiger partial charge in [-0.25, -0.2) is 0 Å². The Morgan fingerprint density at radius 1 is 1.24 bits per heavy atom. The summed E-state index contributed by atoms with van der Waals surface area (Å²) < 4.78 is 37.8. The first kappa shape index (κ1) is 17.7. The molecule has 0 spiro atoms. The monoisotopic (exact) mass is 302 g/mol. The molecule has 0 amide bonds. The molecular formula is C16H21F3O2. The number of carbonyl (C=O) groups excluding carboxylic acids is 1. The molecule has 0 aliphatic heterocycles. The van der Waals surface area contributed by atoms with Gasteiger partial charge in [-0.05, 0) is 24.1 Å². The minimum absolute atomic E-state index is 0.115. The van der Waals surface area contributed by atoms with Crippen molar-refractivity contribution in [3.8, 4) is 0 Å². The third kappa shape index (κ3) is 6.29. The molecule has 1 rings (SSSR count). The van der Waals surface area contributed by atoms with Gasteiger partial charge in [-0.2, -0.15) is 13.2 Å². The molecule has 0 radical (unpaired) electrons. The summed E-state index contributed by atoms with van der Waals surface area (Å²) in [5.41, 5.74) is -0.679. The van der Waals surface area contributed by atoms with E-state index in [1.807, 2.05) is 0 Å². The predicted molar refractivity (Wildman–Crippen MR) is 74.8 cm³/mol. The lowest BCUT2D eigenvalue weighted by atomic mass is 9.99. The van der Waals surface area contributed by atoms with Crippen LogP contribution in [0, 0.1) is 0 Å². The van der Waals surface area contributed by atoms with Gasteiger partial charge in [-0.1, -0.05) is 38.3 Å². The van der Waals surface area contributed by atoms with Gasteiger partial charge in [0.2, 0.25) is 0 Å². The van der Waals surface area contributed by atoms with Crippen molar-refractivity contribution in [2.45, 2.75) is 57.7 Å². The number of hydrogen-bond acceptors (Lipinski definition) is 2. The van der Waals surface area contributed by atoms with Crippen LogP contribution < -0.4 is 0 Å². The lowest BCUT2D eigenvalue weighted by molar-refractivity contribution is -0.137. The second-order valence-corrected chi connectivity index (χ2v) is 5.19. The maximum atomic E-state index is 12.6. The van der Waals surface area contributed by atoms with Gasteiger partial charge >= 0.3 is 6.18 Å². The normalized spacial score (nSPS) is 13.2. The van der Waals surface area contributed by atoms with Gasteiger partial charge in [0, 0.05) is 12.8 Å². The summed E-state index contributed by atoms with van der Waals surface area (Å²) >= 11 is 0. The second kappa shape index (κ2) is 8.17. The maximum absolute atomic E-state index is 12.6. The second-order valence-electron chi connectivity index (χ2n) is 5.19. The molecule has 5 heteroatoms. The zero-order valence-corrected chi connectivity index (χ0v) is 12.1. The minimum atomic E-state index is -4.44. The molecule has 0 saturated carbocycles. The number of aliphatic hydroxyl groups excluding tert-OH is 1. The van der Waals surface area contributed by atoms with E-state index in [1.54, 1.807) is 0 Å². The summed E-state index contributed by atoms with van der Waals surface area (Å²) in [7, 11) is 0. The largest absolute Gasteiger partial charge is 0.416 e. The van der Waals surface area contributed by atoms with E-state index in [4.69, 9.17) is 0 Å². The zero-order valence-electron chi connectivity index (χ0n) is 12.1. The summed E-state index contributed by atoms with van der Waals surface area (Å²) in [5, 5.41) is 9.90. The Kier molecular flexibility index (Phi) is 6.89. The molecule has 0 aliphatic carbocycles. The summed E-state index contributed by atoms with van der Waals surface area (Å²) in [6, 6.07) is 4.50. The van der Waals surface area contributed by atoms with Crippen LogP contribution in [-0.2, 0) is 11.0 Å². The predicted octanol–water partition coefficient (Wildman–Crippen LogP) is 4.67. The van der Waals surface area contributed by atoms with Crippen LogP contribution in [0.25, 0.3) is 0 Å². The Labute approximate surface area is 123 Å². The van der Waals surface area contributed by atoms with E-state index >= 15 is 0 Å². The number of alkyl halides is 3. The molecule has 0 aromatic heterocycles. The van der Waals surface area contributed by atoms with Crippen LogP contribution in [0.5, 0.6) is 0 Å². The summed E-state index contributed by atoms with van der Waals surface area (Å²) in [4.78, 5) is 11.7. The van der Waals surface area contributed by atoms with Gasteiger partial charge in [0.25, 0.3) is 0 Å². The Morgan fingerprint density at radius 2 is 1.95 bits per heavy atom. The molecule has 0 heterocycles. The molecule has 1 aromatic carbocycles. The van der Waals surface area contributed by atoms with Crippen molar-refractivity contribution in [1.82, 2.24) is 0 Å². The summed E-state index contributed by atoms with van der Waals surface area (Å²) in [6.45, 7) is 2.07. The van der Waals surface area contributed by atoms with Gasteiger partial charge in [0.1, 0.15) is 5.78 Å². The molecule has 21 heavy (non-hydrogen) atoms. The SMILES string of the molecule is CCCCCCC(=O)C[C@@H](O)c1cccc(C(F)(F)F)c1. The molecule has 1 N–H and O–H groups in total. The van der Waals surface area contributed by atoms with Gasteiger partial charge in [-0.15, -0.1) is 0 Å². The first-order valence-corrected chi connectivity index (χ1v) is 7.21. The molecule has 118 valence electrons. The van der Waals surface area contributed by atoms with Gasteiger partial charge in [-0.3, -0.25) is 4.79 Å². The van der Waals surface area contributed by atoms with E-state index in [-0.39, 0.29) is 17.8 Å². The van der Waals surface area contributed by atoms with Crippen molar-refractivity contribution in [3.05, 3.63) is 35.4 Å². The number of carbonyl (C=O) groups is 1. The van der Waals surface area contributed by atoms with E-state index in [9.17, 15) is 23.1 Å². The first-order valence-electron chi connectivity index (χ1n) is 7.21. The van der Waals surface area contributed by atoms with E-state index in [1.165, 1.54) is 12.1 Å². The number of rotatable bonds is 8. The Morgan fingerprint density at radius 3 is 2.57 bits per heavy atom. The van der Waals surface area contributed by atoms with Crippen LogP contribution in [-0.4, -0.2) is 10.9 Å². The lowest BCUT2D eigenvalue weighted by Gasteiger charge is -2.13. The van der Waals surface area contributed by atoms with Crippen LogP contribution in [0.4, 0.5) is 13.2 Å². The Balaban J connectivity index is 2.55. The van der Waals surface area contributed by atoms with Crippen molar-refractivity contribution >= 4 is 5.78 Å². The lowest BCUT2D eigenvalue weighted by Crippen LogP contribution is -2.09. The molecule has 2 nitrogen and oxygen atoms in total. The zero-order chi connectivity index (χ0) is 15.9. The average Bonchev–Trinajstić information content (AvgIpc) is 2.43. The number of Topliss-reactive ketones (excluding diaryl/α,β-unsaturated/α-hetero) is 1. The van der Waals surface area contributed by atoms with Crippen LogP contribution in [0.1, 0.15) is 62.7 Å². The summed E-state index contributed by atoms with van der Waals surface area (Å²) in [6.07, 6.45) is -1.52. The molecule has 1 aromatic rings. The van der Waals surface area contributed by atoms with E-state index in [0.29, 0.717) is 6.42 Å². The fourth-order valence-corrected chi connectivity index (χ4v) is 2.11. The van der Waals surface area contributed by atoms with E-state index < -0.39 is 17.8 Å². The van der Waals surface area contributed by atoms with Gasteiger partial charge in [0.15, 0.2) is 0 Å². The number of ketones is 1. The highest BCUT2D eigenvalue weighted by molar-refractivity contribution is 5.79. The molecule has 1 atom stereocenters. The van der Waals surface area contributed by atoms with Crippen LogP contribution in [0.3, 0.4) is 0 Å². The smallest absolute Gasteiger partial charge is 0.388 e. The first-order chi connectivity index (χ1) is 9.84. The summed E-state index contributed by atoms with van der Waals surface area (Å²) in [5.74, 6) is -0.115. The molecule has 0 bridgehead atoms. The highest BCUT2D eigenvalue weighted by Gasteiger charge is 2.30. The third-order valence-corrected chi connectivity index (χ3v) is 3.33. The van der Waals surface area contributed by atoms with Crippen LogP contribution in [0.15, 0.2) is 24.3 Å². The number of benzene rings is 1. The van der Waals surface area contributed by atoms with Crippen LogP contribution in [0.2, 0.25) is 0 Å². The Bertz CT molecular complexity index is 455.